The SMILES string of the molecule is CCC(NC(C)N1C(=O)c2ccc3c4c(ccc(c24)C1=O)CC3)N(C)C(C)N1C(=O)c2ccc3c4c(ccc(c24)C1=O)CC3. The molecule has 0 spiro atoms. The smallest absolute Gasteiger partial charge is 0.262 e. The minimum absolute atomic E-state index is 0.303. The third kappa shape index (κ3) is 3.52. The van der Waals surface area contributed by atoms with Gasteiger partial charge in [0.25, 0.3) is 23.6 Å². The minimum Gasteiger partial charge on any atom is -0.281 e. The van der Waals surface area contributed by atoms with E-state index in [0.29, 0.717) is 28.7 Å². The predicted octanol–water partition coefficient (Wildman–Crippen LogP) is 5.03. The molecular weight excluding hydrogens is 552 g/mol. The Kier molecular flexibility index (Phi) is 5.90. The number of hydrogen-bond donors (Lipinski definition) is 1. The average molecular weight is 587 g/mol. The van der Waals surface area contributed by atoms with Gasteiger partial charge in [-0.15, -0.1) is 0 Å². The summed E-state index contributed by atoms with van der Waals surface area (Å²) in [6.45, 7) is 5.65. The molecule has 4 aliphatic rings. The van der Waals surface area contributed by atoms with Gasteiger partial charge in [0.1, 0.15) is 0 Å². The van der Waals surface area contributed by atoms with Gasteiger partial charge in [0, 0.05) is 33.0 Å². The lowest BCUT2D eigenvalue weighted by molar-refractivity contribution is 0.0153. The van der Waals surface area contributed by atoms with Gasteiger partial charge in [-0.3, -0.25) is 39.2 Å². The maximum Gasteiger partial charge on any atom is 0.262 e. The van der Waals surface area contributed by atoms with Crippen LogP contribution >= 0.6 is 0 Å². The molecule has 0 saturated carbocycles. The lowest BCUT2D eigenvalue weighted by Crippen LogP contribution is -2.61. The second-order valence-electron chi connectivity index (χ2n) is 12.6. The molecular formula is C36H34N4O4. The van der Waals surface area contributed by atoms with E-state index in [9.17, 15) is 19.2 Å². The van der Waals surface area contributed by atoms with E-state index in [1.165, 1.54) is 32.1 Å². The van der Waals surface area contributed by atoms with Crippen LogP contribution in [-0.4, -0.2) is 63.9 Å². The van der Waals surface area contributed by atoms with Gasteiger partial charge in [-0.1, -0.05) is 31.2 Å². The van der Waals surface area contributed by atoms with Gasteiger partial charge in [0.15, 0.2) is 0 Å². The third-order valence-corrected chi connectivity index (χ3v) is 10.5. The van der Waals surface area contributed by atoms with Crippen molar-refractivity contribution in [2.75, 3.05) is 7.05 Å². The average Bonchev–Trinajstić information content (AvgIpc) is 3.65. The van der Waals surface area contributed by atoms with E-state index in [-0.39, 0.29) is 29.8 Å². The number of carbonyl (C=O) groups excluding carboxylic acids is 4. The molecule has 4 amide bonds. The number of aryl methyl sites for hydroxylation is 4. The summed E-state index contributed by atoms with van der Waals surface area (Å²) in [7, 11) is 1.86. The molecule has 4 aromatic rings. The van der Waals surface area contributed by atoms with Crippen LogP contribution in [0.4, 0.5) is 0 Å². The number of hydrogen-bond acceptors (Lipinski definition) is 6. The van der Waals surface area contributed by atoms with Gasteiger partial charge in [-0.05, 0) is 110 Å². The summed E-state index contributed by atoms with van der Waals surface area (Å²) in [6, 6.07) is 15.5. The van der Waals surface area contributed by atoms with Crippen LogP contribution in [0.15, 0.2) is 48.5 Å². The zero-order valence-electron chi connectivity index (χ0n) is 25.4. The van der Waals surface area contributed by atoms with Crippen molar-refractivity contribution in [3.8, 4) is 0 Å². The molecule has 3 unspecified atom stereocenters. The summed E-state index contributed by atoms with van der Waals surface area (Å²) in [6.07, 6.45) is 2.73. The van der Waals surface area contributed by atoms with Gasteiger partial charge in [0.2, 0.25) is 0 Å². The van der Waals surface area contributed by atoms with Crippen molar-refractivity contribution < 1.29 is 19.2 Å². The maximum absolute atomic E-state index is 13.9. The Bertz CT molecular complexity index is 1880. The standard InChI is InChI=1S/C36H34N4O4/c1-5-28(37-18(2)39-33(41)24-14-10-20-6-7-21-11-15-25(34(39)42)31(24)29(20)21)38(4)19(3)40-35(43)26-16-12-22-8-9-23-13-17-27(36(40)44)32(26)30(22)23/h10-19,28,37H,5-9H2,1-4H3. The van der Waals surface area contributed by atoms with Gasteiger partial charge >= 0.3 is 0 Å². The van der Waals surface area contributed by atoms with Crippen molar-refractivity contribution in [2.24, 2.45) is 0 Å². The summed E-state index contributed by atoms with van der Waals surface area (Å²) in [5.74, 6) is -1.23. The lowest BCUT2D eigenvalue weighted by atomic mass is 9.91. The molecule has 2 heterocycles. The first kappa shape index (κ1) is 27.2. The molecule has 2 aliphatic carbocycles. The molecule has 222 valence electrons. The van der Waals surface area contributed by atoms with Crippen molar-refractivity contribution in [1.82, 2.24) is 20.0 Å². The molecule has 3 atom stereocenters. The summed E-state index contributed by atoms with van der Waals surface area (Å²) < 4.78 is 0. The van der Waals surface area contributed by atoms with Crippen molar-refractivity contribution in [2.45, 2.75) is 71.4 Å². The lowest BCUT2D eigenvalue weighted by Gasteiger charge is -2.42. The predicted molar refractivity (Wildman–Crippen MR) is 168 cm³/mol. The van der Waals surface area contributed by atoms with Crippen LogP contribution in [0, 0.1) is 0 Å². The zero-order chi connectivity index (χ0) is 30.6. The highest BCUT2D eigenvalue weighted by Crippen LogP contribution is 2.40. The van der Waals surface area contributed by atoms with Crippen molar-refractivity contribution >= 4 is 45.2 Å². The highest BCUT2D eigenvalue weighted by atomic mass is 16.2. The van der Waals surface area contributed by atoms with E-state index in [4.69, 9.17) is 0 Å². The van der Waals surface area contributed by atoms with E-state index in [2.05, 4.69) is 5.32 Å². The maximum atomic E-state index is 13.9. The number of benzene rings is 4. The molecule has 8 heteroatoms. The Morgan fingerprint density at radius 3 is 1.34 bits per heavy atom. The number of amides is 4. The number of nitrogens with zero attached hydrogens (tertiary/aromatic N) is 3. The first-order valence-corrected chi connectivity index (χ1v) is 15.6. The number of carbonyl (C=O) groups is 4. The van der Waals surface area contributed by atoms with Gasteiger partial charge in [-0.25, -0.2) is 0 Å². The van der Waals surface area contributed by atoms with E-state index in [1.807, 2.05) is 81.2 Å². The first-order valence-electron chi connectivity index (χ1n) is 15.6. The summed E-state index contributed by atoms with van der Waals surface area (Å²) in [4.78, 5) is 60.0. The number of nitrogens with one attached hydrogen (secondary N) is 1. The highest BCUT2D eigenvalue weighted by molar-refractivity contribution is 6.27. The van der Waals surface area contributed by atoms with Crippen LogP contribution < -0.4 is 5.32 Å². The quantitative estimate of drug-likeness (QED) is 0.241. The fourth-order valence-electron chi connectivity index (χ4n) is 8.08. The second kappa shape index (κ2) is 9.55. The number of rotatable bonds is 7. The molecule has 0 aromatic heterocycles. The molecule has 2 aliphatic heterocycles. The van der Waals surface area contributed by atoms with Crippen LogP contribution in [0.1, 0.15) is 90.9 Å². The Labute approximate surface area is 255 Å². The Morgan fingerprint density at radius 2 is 0.977 bits per heavy atom. The van der Waals surface area contributed by atoms with Gasteiger partial charge in [-0.2, -0.15) is 0 Å². The molecule has 0 bridgehead atoms. The minimum atomic E-state index is -0.636. The van der Waals surface area contributed by atoms with Gasteiger partial charge < -0.3 is 0 Å². The zero-order valence-corrected chi connectivity index (χ0v) is 25.4. The molecule has 0 radical (unpaired) electrons. The topological polar surface area (TPSA) is 90.0 Å². The van der Waals surface area contributed by atoms with Crippen molar-refractivity contribution in [1.29, 1.82) is 0 Å². The molecule has 8 rings (SSSR count). The van der Waals surface area contributed by atoms with Crippen LogP contribution in [0.25, 0.3) is 21.5 Å². The normalized spacial score (nSPS) is 18.8. The summed E-state index contributed by atoms with van der Waals surface area (Å²) in [5.41, 5.74) is 7.00. The van der Waals surface area contributed by atoms with E-state index < -0.39 is 12.3 Å². The van der Waals surface area contributed by atoms with Crippen LogP contribution in [-0.2, 0) is 25.7 Å². The summed E-state index contributed by atoms with van der Waals surface area (Å²) >= 11 is 0. The van der Waals surface area contributed by atoms with Crippen molar-refractivity contribution in [3.05, 3.63) is 93.0 Å². The molecule has 44 heavy (non-hydrogen) atoms. The molecule has 4 aromatic carbocycles. The first-order chi connectivity index (χ1) is 21.2. The van der Waals surface area contributed by atoms with Crippen LogP contribution in [0.5, 0.6) is 0 Å². The molecule has 8 nitrogen and oxygen atoms in total. The Hall–Kier alpha value is -4.40. The Morgan fingerprint density at radius 1 is 0.614 bits per heavy atom. The molecule has 1 N–H and O–H groups in total. The van der Waals surface area contributed by atoms with Gasteiger partial charge in [0.05, 0.1) is 18.5 Å². The monoisotopic (exact) mass is 586 g/mol. The Balaban J connectivity index is 1.07. The van der Waals surface area contributed by atoms with Crippen molar-refractivity contribution in [3.63, 3.8) is 0 Å². The number of imide groups is 2. The highest BCUT2D eigenvalue weighted by Gasteiger charge is 2.41. The van der Waals surface area contributed by atoms with E-state index >= 15 is 0 Å². The molecule has 0 saturated heterocycles. The van der Waals surface area contributed by atoms with E-state index in [1.54, 1.807) is 0 Å². The largest absolute Gasteiger partial charge is 0.281 e. The molecule has 0 fully saturated rings. The summed E-state index contributed by atoms with van der Waals surface area (Å²) in [5, 5.41) is 7.15. The fourth-order valence-corrected chi connectivity index (χ4v) is 8.08. The van der Waals surface area contributed by atoms with E-state index in [0.717, 1.165) is 47.2 Å². The second-order valence-corrected chi connectivity index (χ2v) is 12.6. The fraction of sp³-hybridized carbons (Fsp3) is 0.333. The van der Waals surface area contributed by atoms with Crippen LogP contribution in [0.3, 0.4) is 0 Å². The third-order valence-electron chi connectivity index (χ3n) is 10.5. The van der Waals surface area contributed by atoms with Crippen LogP contribution in [0.2, 0.25) is 0 Å².